The first kappa shape index (κ1) is 15.6. The van der Waals surface area contributed by atoms with Crippen LogP contribution in [0.25, 0.3) is 0 Å². The van der Waals surface area contributed by atoms with E-state index in [1.54, 1.807) is 0 Å². The van der Waals surface area contributed by atoms with Gasteiger partial charge in [0.15, 0.2) is 0 Å². The largest absolute Gasteiger partial charge is 0.373 e. The van der Waals surface area contributed by atoms with Gasteiger partial charge in [-0.05, 0) is 30.2 Å². The standard InChI is InChI=1S/C20H23N3S/c1-2-8-17(9-3-1)23-13-6-11-19(23)21-12-14-24-20-15-16-7-4-5-10-18(16)22-20/h1-5,7-10,20,22H,6,11-15H2. The number of amidine groups is 1. The Morgan fingerprint density at radius 3 is 2.79 bits per heavy atom. The van der Waals surface area contributed by atoms with Gasteiger partial charge in [0.1, 0.15) is 5.84 Å². The van der Waals surface area contributed by atoms with E-state index in [4.69, 9.17) is 4.99 Å². The SMILES string of the molecule is c1ccc(N2CCCC2=NCCSC2Cc3ccccc3N2)cc1. The molecule has 124 valence electrons. The fraction of sp³-hybridized carbons (Fsp3) is 0.350. The van der Waals surface area contributed by atoms with Crippen LogP contribution >= 0.6 is 11.8 Å². The number of nitrogens with zero attached hydrogens (tertiary/aromatic N) is 2. The van der Waals surface area contributed by atoms with E-state index in [1.165, 1.54) is 29.2 Å². The number of benzene rings is 2. The van der Waals surface area contributed by atoms with Crippen LogP contribution < -0.4 is 10.2 Å². The molecular weight excluding hydrogens is 314 g/mol. The lowest BCUT2D eigenvalue weighted by molar-refractivity contribution is 0.956. The van der Waals surface area contributed by atoms with Crippen molar-refractivity contribution >= 4 is 29.0 Å². The number of hydrogen-bond acceptors (Lipinski definition) is 3. The van der Waals surface area contributed by atoms with Crippen molar-refractivity contribution in [2.75, 3.05) is 29.1 Å². The summed E-state index contributed by atoms with van der Waals surface area (Å²) in [6.07, 6.45) is 3.43. The average Bonchev–Trinajstić information content (AvgIpc) is 3.25. The Morgan fingerprint density at radius 2 is 1.92 bits per heavy atom. The van der Waals surface area contributed by atoms with Gasteiger partial charge >= 0.3 is 0 Å². The second kappa shape index (κ2) is 7.31. The van der Waals surface area contributed by atoms with Crippen LogP contribution in [-0.4, -0.2) is 30.1 Å². The number of nitrogens with one attached hydrogen (secondary N) is 1. The smallest absolute Gasteiger partial charge is 0.103 e. The lowest BCUT2D eigenvalue weighted by atomic mass is 10.2. The van der Waals surface area contributed by atoms with E-state index in [1.807, 2.05) is 11.8 Å². The first-order valence-corrected chi connectivity index (χ1v) is 9.77. The molecular formula is C20H23N3S. The van der Waals surface area contributed by atoms with Crippen molar-refractivity contribution in [3.63, 3.8) is 0 Å². The van der Waals surface area contributed by atoms with Gasteiger partial charge in [-0.1, -0.05) is 36.4 Å². The normalized spacial score (nSPS) is 21.1. The highest BCUT2D eigenvalue weighted by Gasteiger charge is 2.21. The van der Waals surface area contributed by atoms with Crippen LogP contribution in [-0.2, 0) is 6.42 Å². The first-order chi connectivity index (χ1) is 11.9. The van der Waals surface area contributed by atoms with Gasteiger partial charge in [-0.2, -0.15) is 0 Å². The molecule has 4 rings (SSSR count). The minimum atomic E-state index is 0.497. The fourth-order valence-corrected chi connectivity index (χ4v) is 4.43. The third kappa shape index (κ3) is 3.44. The van der Waals surface area contributed by atoms with E-state index < -0.39 is 0 Å². The Hall–Kier alpha value is -1.94. The maximum atomic E-state index is 4.89. The molecule has 3 nitrogen and oxygen atoms in total. The number of hydrogen-bond donors (Lipinski definition) is 1. The summed E-state index contributed by atoms with van der Waals surface area (Å²) in [5.41, 5.74) is 4.01. The van der Waals surface area contributed by atoms with E-state index in [9.17, 15) is 0 Å². The zero-order valence-electron chi connectivity index (χ0n) is 13.8. The minimum absolute atomic E-state index is 0.497. The van der Waals surface area contributed by atoms with Gasteiger partial charge < -0.3 is 10.2 Å². The highest BCUT2D eigenvalue weighted by Crippen LogP contribution is 2.30. The monoisotopic (exact) mass is 337 g/mol. The van der Waals surface area contributed by atoms with Crippen LogP contribution in [0.2, 0.25) is 0 Å². The lowest BCUT2D eigenvalue weighted by Gasteiger charge is -2.19. The van der Waals surface area contributed by atoms with Crippen molar-refractivity contribution in [1.29, 1.82) is 0 Å². The van der Waals surface area contributed by atoms with Crippen molar-refractivity contribution in [1.82, 2.24) is 0 Å². The molecule has 4 heteroatoms. The number of thioether (sulfide) groups is 1. The summed E-state index contributed by atoms with van der Waals surface area (Å²) in [6, 6.07) is 19.2. The molecule has 0 saturated carbocycles. The maximum absolute atomic E-state index is 4.89. The van der Waals surface area contributed by atoms with E-state index >= 15 is 0 Å². The molecule has 0 radical (unpaired) electrons. The van der Waals surface area contributed by atoms with Crippen molar-refractivity contribution < 1.29 is 0 Å². The summed E-state index contributed by atoms with van der Waals surface area (Å²) in [5.74, 6) is 2.32. The second-order valence-electron chi connectivity index (χ2n) is 6.25. The van der Waals surface area contributed by atoms with Gasteiger partial charge in [0.05, 0.1) is 11.9 Å². The Bertz CT molecular complexity index is 689. The van der Waals surface area contributed by atoms with Crippen LogP contribution in [0.1, 0.15) is 18.4 Å². The Labute approximate surface area is 148 Å². The van der Waals surface area contributed by atoms with Crippen LogP contribution in [0, 0.1) is 0 Å². The number of aliphatic imine (C=N–C) groups is 1. The third-order valence-corrected chi connectivity index (χ3v) is 5.71. The zero-order chi connectivity index (χ0) is 16.2. The van der Waals surface area contributed by atoms with Crippen LogP contribution in [0.4, 0.5) is 11.4 Å². The molecule has 2 aliphatic rings. The van der Waals surface area contributed by atoms with E-state index in [0.29, 0.717) is 5.37 Å². The molecule has 24 heavy (non-hydrogen) atoms. The molecule has 0 amide bonds. The molecule has 0 aromatic heterocycles. The molecule has 1 atom stereocenters. The van der Waals surface area contributed by atoms with Crippen LogP contribution in [0.15, 0.2) is 59.6 Å². The van der Waals surface area contributed by atoms with Crippen molar-refractivity contribution in [2.45, 2.75) is 24.6 Å². The number of rotatable bonds is 5. The zero-order valence-corrected chi connectivity index (χ0v) is 14.6. The predicted octanol–water partition coefficient (Wildman–Crippen LogP) is 4.41. The summed E-state index contributed by atoms with van der Waals surface area (Å²) in [5, 5.41) is 4.10. The van der Waals surface area contributed by atoms with E-state index in [0.717, 1.165) is 31.7 Å². The quantitative estimate of drug-likeness (QED) is 0.819. The molecule has 1 fully saturated rings. The summed E-state index contributed by atoms with van der Waals surface area (Å²) < 4.78 is 0. The summed E-state index contributed by atoms with van der Waals surface area (Å²) in [7, 11) is 0. The van der Waals surface area contributed by atoms with Crippen molar-refractivity contribution in [3.05, 3.63) is 60.2 Å². The predicted molar refractivity (Wildman–Crippen MR) is 105 cm³/mol. The molecule has 0 spiro atoms. The van der Waals surface area contributed by atoms with E-state index in [2.05, 4.69) is 64.8 Å². The molecule has 2 heterocycles. The lowest BCUT2D eigenvalue weighted by Crippen LogP contribution is -2.24. The molecule has 1 N–H and O–H groups in total. The number of anilines is 2. The van der Waals surface area contributed by atoms with Gasteiger partial charge in [0, 0.05) is 36.5 Å². The molecule has 2 aliphatic heterocycles. The fourth-order valence-electron chi connectivity index (χ4n) is 3.44. The third-order valence-electron chi connectivity index (χ3n) is 4.61. The Morgan fingerprint density at radius 1 is 1.08 bits per heavy atom. The highest BCUT2D eigenvalue weighted by atomic mass is 32.2. The summed E-state index contributed by atoms with van der Waals surface area (Å²) >= 11 is 1.98. The summed E-state index contributed by atoms with van der Waals surface area (Å²) in [4.78, 5) is 7.25. The number of para-hydroxylation sites is 2. The first-order valence-electron chi connectivity index (χ1n) is 8.72. The Balaban J connectivity index is 1.29. The number of fused-ring (bicyclic) bond motifs is 1. The second-order valence-corrected chi connectivity index (χ2v) is 7.56. The van der Waals surface area contributed by atoms with Crippen molar-refractivity contribution in [3.8, 4) is 0 Å². The molecule has 1 saturated heterocycles. The van der Waals surface area contributed by atoms with Gasteiger partial charge in [0.25, 0.3) is 0 Å². The van der Waals surface area contributed by atoms with Gasteiger partial charge in [-0.15, -0.1) is 11.8 Å². The molecule has 2 aromatic rings. The van der Waals surface area contributed by atoms with Crippen LogP contribution in [0.5, 0.6) is 0 Å². The van der Waals surface area contributed by atoms with Crippen LogP contribution in [0.3, 0.4) is 0 Å². The molecule has 2 aromatic carbocycles. The summed E-state index contributed by atoms with van der Waals surface area (Å²) in [6.45, 7) is 1.99. The van der Waals surface area contributed by atoms with Gasteiger partial charge in [-0.25, -0.2) is 0 Å². The van der Waals surface area contributed by atoms with Gasteiger partial charge in [-0.3, -0.25) is 4.99 Å². The average molecular weight is 337 g/mol. The minimum Gasteiger partial charge on any atom is -0.373 e. The topological polar surface area (TPSA) is 27.6 Å². The van der Waals surface area contributed by atoms with Crippen molar-refractivity contribution in [2.24, 2.45) is 4.99 Å². The van der Waals surface area contributed by atoms with E-state index in [-0.39, 0.29) is 0 Å². The Kier molecular flexibility index (Phi) is 4.74. The molecule has 1 unspecified atom stereocenters. The highest BCUT2D eigenvalue weighted by molar-refractivity contribution is 8.00. The van der Waals surface area contributed by atoms with Gasteiger partial charge in [0.2, 0.25) is 0 Å². The maximum Gasteiger partial charge on any atom is 0.103 e. The molecule has 0 bridgehead atoms. The molecule has 0 aliphatic carbocycles.